The van der Waals surface area contributed by atoms with Crippen molar-refractivity contribution in [2.24, 2.45) is 5.73 Å². The Morgan fingerprint density at radius 1 is 1.31 bits per heavy atom. The summed E-state index contributed by atoms with van der Waals surface area (Å²) in [5, 5.41) is 0.710. The van der Waals surface area contributed by atoms with E-state index >= 15 is 0 Å². The molecule has 3 nitrogen and oxygen atoms in total. The monoisotopic (exact) mass is 273 g/mol. The lowest BCUT2D eigenvalue weighted by molar-refractivity contribution is -0.143. The van der Waals surface area contributed by atoms with Crippen molar-refractivity contribution in [3.8, 4) is 0 Å². The van der Waals surface area contributed by atoms with Gasteiger partial charge >= 0.3 is 5.97 Å². The second-order valence-electron chi connectivity index (χ2n) is 2.51. The Morgan fingerprint density at radius 3 is 2.54 bits per heavy atom. The standard InChI is InChI=1S/C8H16BrNO2.ClH/c9-5-7-12-8(11)4-2-1-3-6-10;/h1-7,10H2;1H. The maximum atomic E-state index is 10.9. The molecule has 80 valence electrons. The van der Waals surface area contributed by atoms with Crippen LogP contribution < -0.4 is 5.73 Å². The smallest absolute Gasteiger partial charge is 0.305 e. The molecule has 0 spiro atoms. The Morgan fingerprint density at radius 2 is 2.00 bits per heavy atom. The van der Waals surface area contributed by atoms with Crippen molar-refractivity contribution in [1.29, 1.82) is 0 Å². The molecule has 0 bridgehead atoms. The van der Waals surface area contributed by atoms with Crippen molar-refractivity contribution in [2.45, 2.75) is 25.7 Å². The number of carbonyl (C=O) groups is 1. The van der Waals surface area contributed by atoms with Crippen molar-refractivity contribution in [1.82, 2.24) is 0 Å². The molecule has 0 aliphatic heterocycles. The zero-order valence-corrected chi connectivity index (χ0v) is 10.0. The molecule has 0 aliphatic rings. The topological polar surface area (TPSA) is 52.3 Å². The Hall–Kier alpha value is 0.200. The highest BCUT2D eigenvalue weighted by atomic mass is 79.9. The molecule has 0 aromatic heterocycles. The summed E-state index contributed by atoms with van der Waals surface area (Å²) in [6.07, 6.45) is 3.41. The number of unbranched alkanes of at least 4 members (excludes halogenated alkanes) is 2. The molecular formula is C8H17BrClNO2. The molecule has 0 aromatic carbocycles. The van der Waals surface area contributed by atoms with Gasteiger partial charge in [0.2, 0.25) is 0 Å². The highest BCUT2D eigenvalue weighted by molar-refractivity contribution is 9.09. The molecule has 0 heterocycles. The Labute approximate surface area is 93.9 Å². The van der Waals surface area contributed by atoms with Crippen molar-refractivity contribution < 1.29 is 9.53 Å². The molecular weight excluding hydrogens is 257 g/mol. The van der Waals surface area contributed by atoms with Crippen LogP contribution in [0.4, 0.5) is 0 Å². The van der Waals surface area contributed by atoms with Gasteiger partial charge in [0.15, 0.2) is 0 Å². The number of nitrogens with two attached hydrogens (primary N) is 1. The van der Waals surface area contributed by atoms with E-state index < -0.39 is 0 Å². The first-order valence-corrected chi connectivity index (χ1v) is 5.35. The minimum absolute atomic E-state index is 0. The minimum atomic E-state index is -0.105. The number of esters is 1. The van der Waals surface area contributed by atoms with Gasteiger partial charge < -0.3 is 10.5 Å². The Bertz CT molecular complexity index is 125. The van der Waals surface area contributed by atoms with Crippen molar-refractivity contribution in [3.63, 3.8) is 0 Å². The van der Waals surface area contributed by atoms with Gasteiger partial charge in [0, 0.05) is 11.8 Å². The molecule has 0 radical (unpaired) electrons. The van der Waals surface area contributed by atoms with E-state index in [0.29, 0.717) is 24.9 Å². The first-order chi connectivity index (χ1) is 5.81. The van der Waals surface area contributed by atoms with Crippen LogP contribution in [-0.2, 0) is 9.53 Å². The van der Waals surface area contributed by atoms with E-state index in [1.165, 1.54) is 0 Å². The van der Waals surface area contributed by atoms with E-state index in [-0.39, 0.29) is 18.4 Å². The van der Waals surface area contributed by atoms with Crippen molar-refractivity contribution >= 4 is 34.3 Å². The third kappa shape index (κ3) is 12.2. The first-order valence-electron chi connectivity index (χ1n) is 4.23. The fraction of sp³-hybridized carbons (Fsp3) is 0.875. The van der Waals surface area contributed by atoms with Gasteiger partial charge in [0.1, 0.15) is 6.61 Å². The molecule has 5 heteroatoms. The number of alkyl halides is 1. The second-order valence-corrected chi connectivity index (χ2v) is 3.30. The molecule has 0 rings (SSSR count). The van der Waals surface area contributed by atoms with Crippen LogP contribution in [0.2, 0.25) is 0 Å². The summed E-state index contributed by atoms with van der Waals surface area (Å²) < 4.78 is 4.85. The Balaban J connectivity index is 0. The third-order valence-corrected chi connectivity index (χ3v) is 1.75. The molecule has 13 heavy (non-hydrogen) atoms. The highest BCUT2D eigenvalue weighted by Crippen LogP contribution is 2.00. The summed E-state index contributed by atoms with van der Waals surface area (Å²) in [6, 6.07) is 0. The molecule has 0 atom stereocenters. The lowest BCUT2D eigenvalue weighted by Crippen LogP contribution is -2.06. The van der Waals surface area contributed by atoms with Gasteiger partial charge in [-0.1, -0.05) is 22.4 Å². The van der Waals surface area contributed by atoms with E-state index in [9.17, 15) is 4.79 Å². The van der Waals surface area contributed by atoms with Gasteiger partial charge in [-0.15, -0.1) is 12.4 Å². The molecule has 0 amide bonds. The average Bonchev–Trinajstić information content (AvgIpc) is 2.09. The van der Waals surface area contributed by atoms with Crippen LogP contribution in [0.1, 0.15) is 25.7 Å². The Kier molecular flexibility index (Phi) is 14.7. The van der Waals surface area contributed by atoms with E-state index in [1.807, 2.05) is 0 Å². The highest BCUT2D eigenvalue weighted by Gasteiger charge is 2.00. The summed E-state index contributed by atoms with van der Waals surface area (Å²) in [4.78, 5) is 10.9. The fourth-order valence-electron chi connectivity index (χ4n) is 0.815. The third-order valence-electron chi connectivity index (χ3n) is 1.43. The molecule has 0 aromatic rings. The van der Waals surface area contributed by atoms with Crippen LogP contribution in [0.3, 0.4) is 0 Å². The van der Waals surface area contributed by atoms with Crippen LogP contribution in [0.5, 0.6) is 0 Å². The molecule has 0 saturated heterocycles. The minimum Gasteiger partial charge on any atom is -0.465 e. The van der Waals surface area contributed by atoms with Gasteiger partial charge in [-0.2, -0.15) is 0 Å². The van der Waals surface area contributed by atoms with Crippen LogP contribution in [0.25, 0.3) is 0 Å². The maximum absolute atomic E-state index is 10.9. The summed E-state index contributed by atoms with van der Waals surface area (Å²) in [6.45, 7) is 1.17. The van der Waals surface area contributed by atoms with E-state index in [0.717, 1.165) is 19.3 Å². The van der Waals surface area contributed by atoms with Crippen LogP contribution in [0, 0.1) is 0 Å². The maximum Gasteiger partial charge on any atom is 0.305 e. The number of hydrogen-bond donors (Lipinski definition) is 1. The molecule has 0 fully saturated rings. The van der Waals surface area contributed by atoms with Crippen LogP contribution >= 0.6 is 28.3 Å². The largest absolute Gasteiger partial charge is 0.465 e. The van der Waals surface area contributed by atoms with Gasteiger partial charge in [-0.3, -0.25) is 4.79 Å². The van der Waals surface area contributed by atoms with Gasteiger partial charge in [-0.25, -0.2) is 0 Å². The first kappa shape index (κ1) is 15.7. The van der Waals surface area contributed by atoms with E-state index in [4.69, 9.17) is 10.5 Å². The number of rotatable bonds is 7. The molecule has 0 aliphatic carbocycles. The van der Waals surface area contributed by atoms with Gasteiger partial charge in [-0.05, 0) is 19.4 Å². The number of halogens is 2. The van der Waals surface area contributed by atoms with E-state index in [1.54, 1.807) is 0 Å². The average molecular weight is 275 g/mol. The van der Waals surface area contributed by atoms with Crippen LogP contribution in [0.15, 0.2) is 0 Å². The summed E-state index contributed by atoms with van der Waals surface area (Å²) >= 11 is 3.18. The number of carbonyl (C=O) groups excluding carboxylic acids is 1. The second kappa shape index (κ2) is 12.2. The number of ether oxygens (including phenoxy) is 1. The summed E-state index contributed by atoms with van der Waals surface area (Å²) in [5.74, 6) is -0.105. The van der Waals surface area contributed by atoms with Crippen molar-refractivity contribution in [3.05, 3.63) is 0 Å². The van der Waals surface area contributed by atoms with Gasteiger partial charge in [0.05, 0.1) is 0 Å². The predicted octanol–water partition coefficient (Wildman–Crippen LogP) is 1.87. The lowest BCUT2D eigenvalue weighted by atomic mass is 10.2. The fourth-order valence-corrected chi connectivity index (χ4v) is 0.977. The molecule has 0 unspecified atom stereocenters. The zero-order chi connectivity index (χ0) is 9.23. The molecule has 0 saturated carbocycles. The van der Waals surface area contributed by atoms with Gasteiger partial charge in [0.25, 0.3) is 0 Å². The van der Waals surface area contributed by atoms with Crippen molar-refractivity contribution in [2.75, 3.05) is 18.5 Å². The van der Waals surface area contributed by atoms with Crippen LogP contribution in [-0.4, -0.2) is 24.5 Å². The zero-order valence-electron chi connectivity index (χ0n) is 7.63. The predicted molar refractivity (Wildman–Crippen MR) is 59.5 cm³/mol. The quantitative estimate of drug-likeness (QED) is 0.438. The number of hydrogen-bond acceptors (Lipinski definition) is 3. The summed E-state index contributed by atoms with van der Waals surface area (Å²) in [5.41, 5.74) is 5.30. The normalized spacial score (nSPS) is 9.08. The molecule has 2 N–H and O–H groups in total. The van der Waals surface area contributed by atoms with E-state index in [2.05, 4.69) is 15.9 Å². The lowest BCUT2D eigenvalue weighted by Gasteiger charge is -2.01. The summed E-state index contributed by atoms with van der Waals surface area (Å²) in [7, 11) is 0. The SMILES string of the molecule is Cl.NCCCCCC(=O)OCCBr.